The topological polar surface area (TPSA) is 21.6 Å². The van der Waals surface area contributed by atoms with Gasteiger partial charge in [0, 0.05) is 11.8 Å². The molecule has 2 aromatic carbocycles. The van der Waals surface area contributed by atoms with Gasteiger partial charge in [0.2, 0.25) is 0 Å². The molecule has 0 aliphatic heterocycles. The Kier molecular flexibility index (Phi) is 4.73. The summed E-state index contributed by atoms with van der Waals surface area (Å²) in [6, 6.07) is 16.2. The molecule has 0 atom stereocenters. The molecule has 0 heterocycles. The van der Waals surface area contributed by atoms with Gasteiger partial charge in [-0.1, -0.05) is 31.2 Å². The standard InChI is InChI=1S/C17H19NO/c1-3-14-9-11-16(12-10-14)18-13-15-7-5-6-8-17(15)19-4-2/h5-13H,3-4H2,1-2H3. The second kappa shape index (κ2) is 6.74. The van der Waals surface area contributed by atoms with Gasteiger partial charge in [0.15, 0.2) is 0 Å². The maximum atomic E-state index is 5.57. The van der Waals surface area contributed by atoms with Crippen LogP contribution in [0.3, 0.4) is 0 Å². The maximum Gasteiger partial charge on any atom is 0.128 e. The molecule has 0 aliphatic rings. The zero-order valence-electron chi connectivity index (χ0n) is 11.5. The van der Waals surface area contributed by atoms with Crippen molar-refractivity contribution in [2.75, 3.05) is 6.61 Å². The van der Waals surface area contributed by atoms with Crippen LogP contribution in [0, 0.1) is 0 Å². The third-order valence-corrected chi connectivity index (χ3v) is 2.92. The van der Waals surface area contributed by atoms with Crippen LogP contribution in [0.5, 0.6) is 5.75 Å². The van der Waals surface area contributed by atoms with E-state index in [4.69, 9.17) is 4.74 Å². The minimum atomic E-state index is 0.663. The van der Waals surface area contributed by atoms with Gasteiger partial charge in [0.25, 0.3) is 0 Å². The number of hydrogen-bond acceptors (Lipinski definition) is 2. The molecule has 98 valence electrons. The van der Waals surface area contributed by atoms with Crippen molar-refractivity contribution in [3.8, 4) is 5.75 Å². The predicted octanol–water partition coefficient (Wildman–Crippen LogP) is 4.40. The van der Waals surface area contributed by atoms with E-state index in [1.807, 2.05) is 49.5 Å². The van der Waals surface area contributed by atoms with Gasteiger partial charge in [-0.3, -0.25) is 4.99 Å². The highest BCUT2D eigenvalue weighted by molar-refractivity contribution is 5.85. The van der Waals surface area contributed by atoms with Gasteiger partial charge >= 0.3 is 0 Å². The fourth-order valence-corrected chi connectivity index (χ4v) is 1.84. The van der Waals surface area contributed by atoms with Crippen molar-refractivity contribution in [3.05, 3.63) is 59.7 Å². The molecule has 2 rings (SSSR count). The zero-order chi connectivity index (χ0) is 13.5. The van der Waals surface area contributed by atoms with E-state index in [-0.39, 0.29) is 0 Å². The van der Waals surface area contributed by atoms with E-state index in [0.717, 1.165) is 23.4 Å². The van der Waals surface area contributed by atoms with E-state index >= 15 is 0 Å². The maximum absolute atomic E-state index is 5.57. The van der Waals surface area contributed by atoms with Crippen molar-refractivity contribution in [3.63, 3.8) is 0 Å². The number of benzene rings is 2. The van der Waals surface area contributed by atoms with Crippen LogP contribution < -0.4 is 4.74 Å². The lowest BCUT2D eigenvalue weighted by atomic mass is 10.1. The zero-order valence-corrected chi connectivity index (χ0v) is 11.5. The van der Waals surface area contributed by atoms with Crippen molar-refractivity contribution in [1.29, 1.82) is 0 Å². The Balaban J connectivity index is 2.17. The third kappa shape index (κ3) is 3.68. The van der Waals surface area contributed by atoms with Crippen molar-refractivity contribution < 1.29 is 4.74 Å². The van der Waals surface area contributed by atoms with Gasteiger partial charge in [-0.2, -0.15) is 0 Å². The quantitative estimate of drug-likeness (QED) is 0.724. The second-order valence-electron chi connectivity index (χ2n) is 4.25. The molecule has 0 aliphatic carbocycles. The van der Waals surface area contributed by atoms with Gasteiger partial charge in [0.05, 0.1) is 12.3 Å². The summed E-state index contributed by atoms with van der Waals surface area (Å²) in [5.74, 6) is 0.874. The number of hydrogen-bond donors (Lipinski definition) is 0. The normalized spacial score (nSPS) is 10.8. The number of rotatable bonds is 5. The minimum absolute atomic E-state index is 0.663. The number of ether oxygens (including phenoxy) is 1. The Morgan fingerprint density at radius 1 is 1.00 bits per heavy atom. The van der Waals surface area contributed by atoms with Gasteiger partial charge in [-0.05, 0) is 43.2 Å². The van der Waals surface area contributed by atoms with E-state index in [9.17, 15) is 0 Å². The van der Waals surface area contributed by atoms with Crippen LogP contribution in [-0.4, -0.2) is 12.8 Å². The van der Waals surface area contributed by atoms with Crippen LogP contribution in [0.15, 0.2) is 53.5 Å². The van der Waals surface area contributed by atoms with E-state index in [1.165, 1.54) is 5.56 Å². The first-order valence-corrected chi connectivity index (χ1v) is 6.68. The van der Waals surface area contributed by atoms with Crippen LogP contribution in [0.4, 0.5) is 5.69 Å². The summed E-state index contributed by atoms with van der Waals surface area (Å²) >= 11 is 0. The van der Waals surface area contributed by atoms with Crippen molar-refractivity contribution in [2.45, 2.75) is 20.3 Å². The van der Waals surface area contributed by atoms with Gasteiger partial charge in [-0.25, -0.2) is 0 Å². The average molecular weight is 253 g/mol. The monoisotopic (exact) mass is 253 g/mol. The lowest BCUT2D eigenvalue weighted by molar-refractivity contribution is 0.340. The molecule has 2 nitrogen and oxygen atoms in total. The molecule has 0 amide bonds. The van der Waals surface area contributed by atoms with E-state index in [0.29, 0.717) is 6.61 Å². The predicted molar refractivity (Wildman–Crippen MR) is 80.7 cm³/mol. The summed E-state index contributed by atoms with van der Waals surface area (Å²) in [4.78, 5) is 4.49. The summed E-state index contributed by atoms with van der Waals surface area (Å²) in [6.07, 6.45) is 2.91. The van der Waals surface area contributed by atoms with Gasteiger partial charge < -0.3 is 4.74 Å². The summed E-state index contributed by atoms with van der Waals surface area (Å²) in [6.45, 7) is 4.80. The number of aliphatic imine (C=N–C) groups is 1. The van der Waals surface area contributed by atoms with Crippen LogP contribution in [0.2, 0.25) is 0 Å². The largest absolute Gasteiger partial charge is 0.493 e. The van der Waals surface area contributed by atoms with Crippen LogP contribution >= 0.6 is 0 Å². The van der Waals surface area contributed by atoms with Crippen molar-refractivity contribution >= 4 is 11.9 Å². The lowest BCUT2D eigenvalue weighted by Gasteiger charge is -2.05. The summed E-state index contributed by atoms with van der Waals surface area (Å²) < 4.78 is 5.57. The highest BCUT2D eigenvalue weighted by atomic mass is 16.5. The highest BCUT2D eigenvalue weighted by Gasteiger charge is 1.98. The number of para-hydroxylation sites is 1. The van der Waals surface area contributed by atoms with Crippen molar-refractivity contribution in [2.24, 2.45) is 4.99 Å². The third-order valence-electron chi connectivity index (χ3n) is 2.92. The molecule has 0 saturated carbocycles. The molecule has 0 radical (unpaired) electrons. The number of aryl methyl sites for hydroxylation is 1. The molecule has 0 unspecified atom stereocenters. The van der Waals surface area contributed by atoms with Crippen LogP contribution in [0.1, 0.15) is 25.0 Å². The molecule has 2 aromatic rings. The molecule has 19 heavy (non-hydrogen) atoms. The Morgan fingerprint density at radius 2 is 1.74 bits per heavy atom. The smallest absolute Gasteiger partial charge is 0.128 e. The Labute approximate surface area is 114 Å². The SMILES string of the molecule is CCOc1ccccc1C=Nc1ccc(CC)cc1. The van der Waals surface area contributed by atoms with Crippen LogP contribution in [0.25, 0.3) is 0 Å². The Morgan fingerprint density at radius 3 is 2.42 bits per heavy atom. The second-order valence-corrected chi connectivity index (χ2v) is 4.25. The summed E-state index contributed by atoms with van der Waals surface area (Å²) in [7, 11) is 0. The Bertz CT molecular complexity index is 543. The highest BCUT2D eigenvalue weighted by Crippen LogP contribution is 2.18. The molecule has 0 bridgehead atoms. The van der Waals surface area contributed by atoms with Gasteiger partial charge in [-0.15, -0.1) is 0 Å². The molecular formula is C17H19NO. The van der Waals surface area contributed by atoms with E-state index in [1.54, 1.807) is 0 Å². The molecule has 0 aromatic heterocycles. The lowest BCUT2D eigenvalue weighted by Crippen LogP contribution is -1.95. The first kappa shape index (κ1) is 13.3. The first-order chi connectivity index (χ1) is 9.33. The fraction of sp³-hybridized carbons (Fsp3) is 0.235. The first-order valence-electron chi connectivity index (χ1n) is 6.68. The summed E-state index contributed by atoms with van der Waals surface area (Å²) in [5.41, 5.74) is 3.29. The number of nitrogens with zero attached hydrogens (tertiary/aromatic N) is 1. The summed E-state index contributed by atoms with van der Waals surface area (Å²) in [5, 5.41) is 0. The van der Waals surface area contributed by atoms with E-state index in [2.05, 4.69) is 24.0 Å². The van der Waals surface area contributed by atoms with E-state index < -0.39 is 0 Å². The molecule has 0 saturated heterocycles. The Hall–Kier alpha value is -2.09. The molecular weight excluding hydrogens is 234 g/mol. The van der Waals surface area contributed by atoms with Gasteiger partial charge in [0.1, 0.15) is 5.75 Å². The molecule has 0 fully saturated rings. The molecule has 0 spiro atoms. The minimum Gasteiger partial charge on any atom is -0.493 e. The molecule has 0 N–H and O–H groups in total. The fourth-order valence-electron chi connectivity index (χ4n) is 1.84. The average Bonchev–Trinajstić information content (AvgIpc) is 2.47. The van der Waals surface area contributed by atoms with Crippen molar-refractivity contribution in [1.82, 2.24) is 0 Å². The molecule has 2 heteroatoms. The van der Waals surface area contributed by atoms with Crippen LogP contribution in [-0.2, 0) is 6.42 Å².